The van der Waals surface area contributed by atoms with Gasteiger partial charge in [-0.15, -0.1) is 0 Å². The van der Waals surface area contributed by atoms with Crippen LogP contribution in [0.4, 0.5) is 0 Å². The number of hydrogen-bond donors (Lipinski definition) is 0. The van der Waals surface area contributed by atoms with Crippen molar-refractivity contribution < 1.29 is 0 Å². The van der Waals surface area contributed by atoms with Gasteiger partial charge in [-0.25, -0.2) is 4.68 Å². The van der Waals surface area contributed by atoms with E-state index in [4.69, 9.17) is 0 Å². The van der Waals surface area contributed by atoms with E-state index in [1.165, 1.54) is 4.68 Å². The summed E-state index contributed by atoms with van der Waals surface area (Å²) in [4.78, 5) is 16.6. The van der Waals surface area contributed by atoms with Crippen LogP contribution in [0.1, 0.15) is 5.69 Å². The van der Waals surface area contributed by atoms with Gasteiger partial charge in [-0.05, 0) is 44.0 Å². The number of benzene rings is 1. The van der Waals surface area contributed by atoms with Crippen molar-refractivity contribution in [3.8, 4) is 0 Å². The lowest BCUT2D eigenvalue weighted by Gasteiger charge is -2.06. The third-order valence-corrected chi connectivity index (χ3v) is 4.81. The van der Waals surface area contributed by atoms with E-state index in [-0.39, 0.29) is 5.56 Å². The summed E-state index contributed by atoms with van der Waals surface area (Å²) < 4.78 is 2.49. The van der Waals surface area contributed by atoms with E-state index < -0.39 is 0 Å². The lowest BCUT2D eigenvalue weighted by Crippen LogP contribution is -2.24. The van der Waals surface area contributed by atoms with Gasteiger partial charge in [0, 0.05) is 5.39 Å². The minimum absolute atomic E-state index is 0.186. The Morgan fingerprint density at radius 1 is 1.10 bits per heavy atom. The van der Waals surface area contributed by atoms with E-state index in [1.807, 2.05) is 36.4 Å². The molecule has 3 rings (SSSR count). The molecule has 6 heteroatoms. The summed E-state index contributed by atoms with van der Waals surface area (Å²) in [5.41, 5.74) is 1.52. The maximum absolute atomic E-state index is 12.1. The molecule has 2 heterocycles. The highest BCUT2D eigenvalue weighted by molar-refractivity contribution is 9.13. The van der Waals surface area contributed by atoms with Gasteiger partial charge in [-0.2, -0.15) is 5.10 Å². The lowest BCUT2D eigenvalue weighted by molar-refractivity contribution is 0.624. The Morgan fingerprint density at radius 3 is 2.75 bits per heavy atom. The fraction of sp³-hybridized carbons (Fsp3) is 0.0714. The van der Waals surface area contributed by atoms with Gasteiger partial charge in [-0.1, -0.05) is 24.3 Å². The second kappa shape index (κ2) is 5.46. The Balaban J connectivity index is 2.01. The second-order valence-corrected chi connectivity index (χ2v) is 5.91. The van der Waals surface area contributed by atoms with Crippen molar-refractivity contribution in [1.82, 2.24) is 14.8 Å². The zero-order valence-corrected chi connectivity index (χ0v) is 13.4. The van der Waals surface area contributed by atoms with E-state index in [9.17, 15) is 4.79 Å². The first kappa shape index (κ1) is 13.5. The van der Waals surface area contributed by atoms with Gasteiger partial charge in [-0.3, -0.25) is 9.78 Å². The van der Waals surface area contributed by atoms with Crippen LogP contribution in [0.5, 0.6) is 0 Å². The summed E-state index contributed by atoms with van der Waals surface area (Å²) in [6.07, 6.45) is 1.59. The highest BCUT2D eigenvalue weighted by atomic mass is 79.9. The van der Waals surface area contributed by atoms with Gasteiger partial charge in [0.2, 0.25) is 0 Å². The number of para-hydroxylation sites is 1. The maximum atomic E-state index is 12.1. The summed E-state index contributed by atoms with van der Waals surface area (Å²) in [6.45, 7) is 0.343. The van der Waals surface area contributed by atoms with Crippen LogP contribution in [0.15, 0.2) is 56.3 Å². The number of rotatable bonds is 2. The van der Waals surface area contributed by atoms with Crippen LogP contribution in [-0.2, 0) is 6.54 Å². The van der Waals surface area contributed by atoms with Crippen LogP contribution >= 0.6 is 31.9 Å². The summed E-state index contributed by atoms with van der Waals surface area (Å²) in [7, 11) is 0. The molecule has 0 spiro atoms. The molecule has 0 saturated carbocycles. The molecule has 0 aliphatic rings. The van der Waals surface area contributed by atoms with Gasteiger partial charge in [0.05, 0.1) is 28.4 Å². The first-order chi connectivity index (χ1) is 9.65. The van der Waals surface area contributed by atoms with Crippen LogP contribution < -0.4 is 5.56 Å². The average molecular weight is 395 g/mol. The first-order valence-corrected chi connectivity index (χ1v) is 7.49. The summed E-state index contributed by atoms with van der Waals surface area (Å²) in [6, 6.07) is 11.8. The van der Waals surface area contributed by atoms with Crippen molar-refractivity contribution in [3.63, 3.8) is 0 Å². The number of fused-ring (bicyclic) bond motifs is 1. The van der Waals surface area contributed by atoms with Crippen molar-refractivity contribution in [3.05, 3.63) is 67.6 Å². The molecule has 0 bridgehead atoms. The predicted molar refractivity (Wildman–Crippen MR) is 84.7 cm³/mol. The van der Waals surface area contributed by atoms with Crippen molar-refractivity contribution in [1.29, 1.82) is 0 Å². The number of aromatic nitrogens is 3. The SMILES string of the molecule is O=c1c(Br)c(Br)cnn1Cc1ccc2ccccc2n1. The molecule has 0 atom stereocenters. The highest BCUT2D eigenvalue weighted by Crippen LogP contribution is 2.17. The zero-order chi connectivity index (χ0) is 14.1. The van der Waals surface area contributed by atoms with E-state index in [0.29, 0.717) is 15.5 Å². The van der Waals surface area contributed by atoms with Crippen LogP contribution in [0.25, 0.3) is 10.9 Å². The molecule has 4 nitrogen and oxygen atoms in total. The van der Waals surface area contributed by atoms with Gasteiger partial charge >= 0.3 is 0 Å². The largest absolute Gasteiger partial charge is 0.282 e. The Bertz CT molecular complexity index is 845. The molecule has 0 N–H and O–H groups in total. The Morgan fingerprint density at radius 2 is 1.90 bits per heavy atom. The molecule has 0 radical (unpaired) electrons. The summed E-state index contributed by atoms with van der Waals surface area (Å²) in [5, 5.41) is 5.18. The van der Waals surface area contributed by atoms with Gasteiger partial charge < -0.3 is 0 Å². The fourth-order valence-electron chi connectivity index (χ4n) is 1.91. The van der Waals surface area contributed by atoms with E-state index >= 15 is 0 Å². The average Bonchev–Trinajstić information content (AvgIpc) is 2.48. The second-order valence-electron chi connectivity index (χ2n) is 4.26. The zero-order valence-electron chi connectivity index (χ0n) is 10.3. The Labute approximate surface area is 131 Å². The minimum atomic E-state index is -0.186. The number of nitrogens with zero attached hydrogens (tertiary/aromatic N) is 3. The fourth-order valence-corrected chi connectivity index (χ4v) is 2.48. The monoisotopic (exact) mass is 393 g/mol. The van der Waals surface area contributed by atoms with Gasteiger partial charge in [0.15, 0.2) is 0 Å². The minimum Gasteiger partial charge on any atom is -0.266 e. The van der Waals surface area contributed by atoms with Crippen LogP contribution in [0.2, 0.25) is 0 Å². The smallest absolute Gasteiger partial charge is 0.266 e. The molecule has 100 valence electrons. The highest BCUT2D eigenvalue weighted by Gasteiger charge is 2.08. The maximum Gasteiger partial charge on any atom is 0.282 e. The third kappa shape index (κ3) is 2.53. The van der Waals surface area contributed by atoms with Crippen molar-refractivity contribution in [2.75, 3.05) is 0 Å². The van der Waals surface area contributed by atoms with Crippen molar-refractivity contribution >= 4 is 42.8 Å². The van der Waals surface area contributed by atoms with Gasteiger partial charge in [0.25, 0.3) is 5.56 Å². The van der Waals surface area contributed by atoms with E-state index in [1.54, 1.807) is 6.20 Å². The third-order valence-electron chi connectivity index (χ3n) is 2.91. The first-order valence-electron chi connectivity index (χ1n) is 5.91. The van der Waals surface area contributed by atoms with Crippen LogP contribution in [0.3, 0.4) is 0 Å². The number of hydrogen-bond acceptors (Lipinski definition) is 3. The van der Waals surface area contributed by atoms with Crippen molar-refractivity contribution in [2.45, 2.75) is 6.54 Å². The molecule has 0 saturated heterocycles. The van der Waals surface area contributed by atoms with E-state index in [0.717, 1.165) is 16.6 Å². The molecule has 3 aromatic rings. The van der Waals surface area contributed by atoms with Crippen molar-refractivity contribution in [2.24, 2.45) is 0 Å². The number of pyridine rings is 1. The summed E-state index contributed by atoms with van der Waals surface area (Å²) in [5.74, 6) is 0. The van der Waals surface area contributed by atoms with Crippen LogP contribution in [0, 0.1) is 0 Å². The Hall–Kier alpha value is -1.53. The van der Waals surface area contributed by atoms with Crippen LogP contribution in [-0.4, -0.2) is 14.8 Å². The topological polar surface area (TPSA) is 47.8 Å². The lowest BCUT2D eigenvalue weighted by atomic mass is 10.2. The Kier molecular flexibility index (Phi) is 3.67. The molecule has 1 aromatic carbocycles. The molecule has 20 heavy (non-hydrogen) atoms. The molecule has 0 unspecified atom stereocenters. The molecular weight excluding hydrogens is 386 g/mol. The molecule has 0 aliphatic heterocycles. The predicted octanol–water partition coefficient (Wildman–Crippen LogP) is 3.36. The quantitative estimate of drug-likeness (QED) is 0.669. The number of halogens is 2. The molecule has 2 aromatic heterocycles. The molecular formula is C14H9Br2N3O. The molecule has 0 fully saturated rings. The summed E-state index contributed by atoms with van der Waals surface area (Å²) >= 11 is 6.50. The van der Waals surface area contributed by atoms with E-state index in [2.05, 4.69) is 41.9 Å². The van der Waals surface area contributed by atoms with Gasteiger partial charge in [0.1, 0.15) is 4.47 Å². The molecule has 0 amide bonds. The normalized spacial score (nSPS) is 10.9. The standard InChI is InChI=1S/C14H9Br2N3O/c15-11-7-17-19(14(20)13(11)16)8-10-6-5-9-3-1-2-4-12(9)18-10/h1-7H,8H2. The molecule has 0 aliphatic carbocycles.